The van der Waals surface area contributed by atoms with Gasteiger partial charge in [0.2, 0.25) is 0 Å². The third-order valence-electron chi connectivity index (χ3n) is 6.28. The van der Waals surface area contributed by atoms with Gasteiger partial charge in [0.25, 0.3) is 0 Å². The van der Waals surface area contributed by atoms with Crippen LogP contribution in [0.1, 0.15) is 44.1 Å². The van der Waals surface area contributed by atoms with E-state index >= 15 is 0 Å². The Morgan fingerprint density at radius 3 is 2.74 bits per heavy atom. The zero-order chi connectivity index (χ0) is 18.9. The van der Waals surface area contributed by atoms with E-state index in [-0.39, 0.29) is 5.60 Å². The maximum absolute atomic E-state index is 13.0. The number of pyridine rings is 1. The molecule has 0 aromatic carbocycles. The fourth-order valence-corrected chi connectivity index (χ4v) is 4.87. The van der Waals surface area contributed by atoms with Crippen LogP contribution in [0, 0.1) is 5.92 Å². The number of hydrogen-bond acceptors (Lipinski definition) is 4. The third kappa shape index (κ3) is 4.40. The Morgan fingerprint density at radius 1 is 1.15 bits per heavy atom. The van der Waals surface area contributed by atoms with E-state index in [0.29, 0.717) is 25.5 Å². The highest BCUT2D eigenvalue weighted by Gasteiger charge is 2.44. The number of rotatable bonds is 3. The van der Waals surface area contributed by atoms with Gasteiger partial charge in [-0.25, -0.2) is 4.98 Å². The van der Waals surface area contributed by atoms with Crippen molar-refractivity contribution in [1.82, 2.24) is 9.88 Å². The molecular weight excluding hydrogens is 355 g/mol. The van der Waals surface area contributed by atoms with E-state index in [1.165, 1.54) is 38.3 Å². The van der Waals surface area contributed by atoms with Gasteiger partial charge >= 0.3 is 6.18 Å². The van der Waals surface area contributed by atoms with Gasteiger partial charge in [-0.2, -0.15) is 13.2 Å². The van der Waals surface area contributed by atoms with Crippen LogP contribution in [0.2, 0.25) is 0 Å². The molecule has 1 spiro atoms. The molecule has 7 heteroatoms. The lowest BCUT2D eigenvalue weighted by molar-refractivity contribution is -0.137. The van der Waals surface area contributed by atoms with Crippen molar-refractivity contribution in [2.24, 2.45) is 5.92 Å². The van der Waals surface area contributed by atoms with Crippen molar-refractivity contribution in [2.75, 3.05) is 44.2 Å². The molecular formula is C20H28F3N3O. The minimum atomic E-state index is -4.34. The van der Waals surface area contributed by atoms with Crippen LogP contribution in [0.4, 0.5) is 19.0 Å². The Labute approximate surface area is 158 Å². The van der Waals surface area contributed by atoms with Crippen molar-refractivity contribution in [2.45, 2.75) is 50.3 Å². The number of aromatic nitrogens is 1. The summed E-state index contributed by atoms with van der Waals surface area (Å²) in [6.07, 6.45) is 4.45. The molecule has 1 unspecified atom stereocenters. The Bertz CT molecular complexity index is 648. The molecule has 2 aliphatic heterocycles. The van der Waals surface area contributed by atoms with E-state index < -0.39 is 11.7 Å². The SMILES string of the molecule is FC(F)(F)c1ccnc(N2CCC3(CN(CC4CCCCC4)CCO3)C2)c1. The predicted molar refractivity (Wildman–Crippen MR) is 97.8 cm³/mol. The maximum atomic E-state index is 13.0. The summed E-state index contributed by atoms with van der Waals surface area (Å²) in [6, 6.07) is 2.18. The summed E-state index contributed by atoms with van der Waals surface area (Å²) < 4.78 is 45.2. The summed E-state index contributed by atoms with van der Waals surface area (Å²) in [7, 11) is 0. The van der Waals surface area contributed by atoms with Gasteiger partial charge in [0, 0.05) is 38.9 Å². The minimum Gasteiger partial charge on any atom is -0.370 e. The van der Waals surface area contributed by atoms with Crippen LogP contribution >= 0.6 is 0 Å². The van der Waals surface area contributed by atoms with Gasteiger partial charge in [0.05, 0.1) is 17.8 Å². The average molecular weight is 383 g/mol. The summed E-state index contributed by atoms with van der Waals surface area (Å²) in [5, 5.41) is 0. The number of nitrogens with zero attached hydrogens (tertiary/aromatic N) is 3. The summed E-state index contributed by atoms with van der Waals surface area (Å²) >= 11 is 0. The second-order valence-corrected chi connectivity index (χ2v) is 8.34. The maximum Gasteiger partial charge on any atom is 0.416 e. The fraction of sp³-hybridized carbons (Fsp3) is 0.750. The van der Waals surface area contributed by atoms with E-state index in [0.717, 1.165) is 44.1 Å². The minimum absolute atomic E-state index is 0.275. The Balaban J connectivity index is 1.40. The number of hydrogen-bond donors (Lipinski definition) is 0. The first-order valence-electron chi connectivity index (χ1n) is 10.1. The van der Waals surface area contributed by atoms with Gasteiger partial charge in [-0.3, -0.25) is 4.90 Å². The molecule has 3 heterocycles. The zero-order valence-corrected chi connectivity index (χ0v) is 15.7. The van der Waals surface area contributed by atoms with Crippen LogP contribution in [-0.4, -0.2) is 54.8 Å². The van der Waals surface area contributed by atoms with Gasteiger partial charge in [0.15, 0.2) is 0 Å². The highest BCUT2D eigenvalue weighted by molar-refractivity contribution is 5.44. The molecule has 1 aliphatic carbocycles. The third-order valence-corrected chi connectivity index (χ3v) is 6.28. The summed E-state index contributed by atoms with van der Waals surface area (Å²) in [6.45, 7) is 4.97. The van der Waals surface area contributed by atoms with Gasteiger partial charge < -0.3 is 9.64 Å². The van der Waals surface area contributed by atoms with E-state index in [1.54, 1.807) is 0 Å². The van der Waals surface area contributed by atoms with Crippen molar-refractivity contribution in [3.05, 3.63) is 23.9 Å². The first kappa shape index (κ1) is 19.0. The normalized spacial score (nSPS) is 28.2. The molecule has 3 fully saturated rings. The van der Waals surface area contributed by atoms with E-state index in [2.05, 4.69) is 9.88 Å². The number of alkyl halides is 3. The number of ether oxygens (including phenoxy) is 1. The quantitative estimate of drug-likeness (QED) is 0.790. The smallest absolute Gasteiger partial charge is 0.370 e. The standard InChI is InChI=1S/C20H28F3N3O/c21-20(22,23)17-6-8-24-18(12-17)26-9-7-19(15-26)14-25(10-11-27-19)13-16-4-2-1-3-5-16/h6,8,12,16H,1-5,7,9-11,13-15H2. The van der Waals surface area contributed by atoms with Gasteiger partial charge in [-0.15, -0.1) is 0 Å². The summed E-state index contributed by atoms with van der Waals surface area (Å²) in [4.78, 5) is 8.64. The summed E-state index contributed by atoms with van der Waals surface area (Å²) in [5.74, 6) is 1.19. The molecule has 4 rings (SSSR count). The lowest BCUT2D eigenvalue weighted by Gasteiger charge is -2.42. The predicted octanol–water partition coefficient (Wildman–Crippen LogP) is 3.96. The molecule has 0 bridgehead atoms. The second kappa shape index (κ2) is 7.59. The van der Waals surface area contributed by atoms with E-state index in [9.17, 15) is 13.2 Å². The lowest BCUT2D eigenvalue weighted by atomic mass is 9.88. The van der Waals surface area contributed by atoms with Crippen LogP contribution in [-0.2, 0) is 10.9 Å². The first-order valence-corrected chi connectivity index (χ1v) is 10.1. The van der Waals surface area contributed by atoms with Crippen molar-refractivity contribution < 1.29 is 17.9 Å². The van der Waals surface area contributed by atoms with Crippen LogP contribution < -0.4 is 4.90 Å². The Kier molecular flexibility index (Phi) is 5.34. The topological polar surface area (TPSA) is 28.6 Å². The molecule has 1 aromatic rings. The molecule has 1 atom stereocenters. The van der Waals surface area contributed by atoms with Crippen molar-refractivity contribution in [3.63, 3.8) is 0 Å². The van der Waals surface area contributed by atoms with Gasteiger partial charge in [-0.05, 0) is 37.3 Å². The van der Waals surface area contributed by atoms with Crippen LogP contribution in [0.3, 0.4) is 0 Å². The monoisotopic (exact) mass is 383 g/mol. The molecule has 0 amide bonds. The van der Waals surface area contributed by atoms with E-state index in [4.69, 9.17) is 4.74 Å². The second-order valence-electron chi connectivity index (χ2n) is 8.34. The molecule has 0 N–H and O–H groups in total. The molecule has 4 nitrogen and oxygen atoms in total. The van der Waals surface area contributed by atoms with Crippen LogP contribution in [0.15, 0.2) is 18.3 Å². The average Bonchev–Trinajstić information content (AvgIpc) is 3.05. The molecule has 0 radical (unpaired) electrons. The molecule has 3 aliphatic rings. The molecule has 1 saturated carbocycles. The first-order chi connectivity index (χ1) is 12.9. The summed E-state index contributed by atoms with van der Waals surface area (Å²) in [5.41, 5.74) is -0.917. The van der Waals surface area contributed by atoms with Crippen molar-refractivity contribution in [3.8, 4) is 0 Å². The molecule has 27 heavy (non-hydrogen) atoms. The molecule has 150 valence electrons. The van der Waals surface area contributed by atoms with Crippen LogP contribution in [0.5, 0.6) is 0 Å². The van der Waals surface area contributed by atoms with Crippen LogP contribution in [0.25, 0.3) is 0 Å². The van der Waals surface area contributed by atoms with E-state index in [1.807, 2.05) is 4.90 Å². The van der Waals surface area contributed by atoms with Gasteiger partial charge in [-0.1, -0.05) is 19.3 Å². The number of halogens is 3. The highest BCUT2D eigenvalue weighted by Crippen LogP contribution is 2.35. The Morgan fingerprint density at radius 2 is 1.96 bits per heavy atom. The lowest BCUT2D eigenvalue weighted by Crippen LogP contribution is -2.54. The fourth-order valence-electron chi connectivity index (χ4n) is 4.87. The Hall–Kier alpha value is -1.34. The highest BCUT2D eigenvalue weighted by atomic mass is 19.4. The molecule has 2 saturated heterocycles. The zero-order valence-electron chi connectivity index (χ0n) is 15.7. The van der Waals surface area contributed by atoms with Crippen molar-refractivity contribution >= 4 is 5.82 Å². The largest absolute Gasteiger partial charge is 0.416 e. The number of morpholine rings is 1. The number of anilines is 1. The van der Waals surface area contributed by atoms with Gasteiger partial charge in [0.1, 0.15) is 5.82 Å². The molecule has 1 aromatic heterocycles. The van der Waals surface area contributed by atoms with Crippen molar-refractivity contribution in [1.29, 1.82) is 0 Å².